The molecular formula is C16H21ClN2O2. The number of nitrogens with zero attached hydrogens (tertiary/aromatic N) is 1. The first kappa shape index (κ1) is 15.9. The van der Waals surface area contributed by atoms with Gasteiger partial charge in [0, 0.05) is 24.7 Å². The molecule has 1 atom stereocenters. The lowest BCUT2D eigenvalue weighted by molar-refractivity contribution is -0.128. The lowest BCUT2D eigenvalue weighted by atomic mass is 10.1. The van der Waals surface area contributed by atoms with E-state index in [2.05, 4.69) is 5.32 Å². The zero-order chi connectivity index (χ0) is 13.9. The Balaban J connectivity index is 0.00000161. The average molecular weight is 309 g/mol. The van der Waals surface area contributed by atoms with Gasteiger partial charge in [-0.05, 0) is 32.0 Å². The van der Waals surface area contributed by atoms with Crippen molar-refractivity contribution in [3.05, 3.63) is 35.4 Å². The second-order valence-corrected chi connectivity index (χ2v) is 5.35. The molecule has 3 rings (SSSR count). The summed E-state index contributed by atoms with van der Waals surface area (Å²) in [5, 5.41) is 3.17. The lowest BCUT2D eigenvalue weighted by Crippen LogP contribution is -2.42. The summed E-state index contributed by atoms with van der Waals surface area (Å²) < 4.78 is 5.68. The predicted molar refractivity (Wildman–Crippen MR) is 85.8 cm³/mol. The van der Waals surface area contributed by atoms with Gasteiger partial charge in [0.1, 0.15) is 12.4 Å². The molecule has 0 saturated carbocycles. The summed E-state index contributed by atoms with van der Waals surface area (Å²) in [6.07, 6.45) is 4.13. The van der Waals surface area contributed by atoms with Crippen molar-refractivity contribution >= 4 is 24.4 Å². The van der Waals surface area contributed by atoms with Crippen LogP contribution in [-0.4, -0.2) is 43.6 Å². The minimum Gasteiger partial charge on any atom is -0.488 e. The lowest BCUT2D eigenvalue weighted by Gasteiger charge is -2.27. The highest BCUT2D eigenvalue weighted by atomic mass is 35.5. The highest BCUT2D eigenvalue weighted by Crippen LogP contribution is 2.28. The Kier molecular flexibility index (Phi) is 5.26. The van der Waals surface area contributed by atoms with Gasteiger partial charge < -0.3 is 15.0 Å². The van der Waals surface area contributed by atoms with Crippen molar-refractivity contribution in [3.8, 4) is 5.75 Å². The van der Waals surface area contributed by atoms with Crippen LogP contribution in [0.25, 0.3) is 6.08 Å². The number of benzene rings is 1. The fourth-order valence-electron chi connectivity index (χ4n) is 2.97. The number of halogens is 1. The molecule has 0 spiro atoms. The van der Waals surface area contributed by atoms with Gasteiger partial charge in [0.2, 0.25) is 0 Å². The van der Waals surface area contributed by atoms with E-state index in [-0.39, 0.29) is 18.3 Å². The molecule has 5 heteroatoms. The van der Waals surface area contributed by atoms with E-state index in [0.717, 1.165) is 42.8 Å². The normalized spacial score (nSPS) is 20.1. The molecule has 0 radical (unpaired) electrons. The van der Waals surface area contributed by atoms with E-state index in [0.29, 0.717) is 12.6 Å². The van der Waals surface area contributed by atoms with Crippen LogP contribution in [0.2, 0.25) is 0 Å². The van der Waals surface area contributed by atoms with Gasteiger partial charge in [0.15, 0.2) is 0 Å². The van der Waals surface area contributed by atoms with Crippen molar-refractivity contribution in [1.82, 2.24) is 10.2 Å². The second kappa shape index (κ2) is 6.96. The van der Waals surface area contributed by atoms with E-state index < -0.39 is 0 Å². The van der Waals surface area contributed by atoms with E-state index in [9.17, 15) is 4.79 Å². The molecule has 2 heterocycles. The van der Waals surface area contributed by atoms with E-state index in [1.165, 1.54) is 0 Å². The second-order valence-electron chi connectivity index (χ2n) is 5.35. The fraction of sp³-hybridized carbons (Fsp3) is 0.438. The van der Waals surface area contributed by atoms with Gasteiger partial charge in [0.25, 0.3) is 5.91 Å². The van der Waals surface area contributed by atoms with Crippen molar-refractivity contribution in [1.29, 1.82) is 0 Å². The Labute approximate surface area is 131 Å². The summed E-state index contributed by atoms with van der Waals surface area (Å²) >= 11 is 0. The smallest absolute Gasteiger partial charge is 0.253 e. The van der Waals surface area contributed by atoms with Gasteiger partial charge in [-0.3, -0.25) is 4.79 Å². The number of para-hydroxylation sites is 1. The average Bonchev–Trinajstić information content (AvgIpc) is 2.94. The highest BCUT2D eigenvalue weighted by Gasteiger charge is 2.31. The number of carbonyl (C=O) groups excluding carboxylic acids is 1. The summed E-state index contributed by atoms with van der Waals surface area (Å²) in [4.78, 5) is 14.6. The van der Waals surface area contributed by atoms with E-state index >= 15 is 0 Å². The number of rotatable bonds is 3. The Bertz CT molecular complexity index is 545. The molecule has 0 aromatic heterocycles. The van der Waals surface area contributed by atoms with Crippen molar-refractivity contribution in [3.63, 3.8) is 0 Å². The topological polar surface area (TPSA) is 41.6 Å². The maximum Gasteiger partial charge on any atom is 0.253 e. The van der Waals surface area contributed by atoms with Crippen LogP contribution in [0, 0.1) is 0 Å². The molecule has 1 aromatic rings. The third kappa shape index (κ3) is 3.22. The third-order valence-corrected chi connectivity index (χ3v) is 3.98. The zero-order valence-corrected chi connectivity index (χ0v) is 13.0. The SMILES string of the molecule is CNCC1CCCN1C(=O)C1=Cc2ccccc2OC1.Cl. The minimum atomic E-state index is 0. The molecule has 1 fully saturated rings. The molecule has 21 heavy (non-hydrogen) atoms. The molecule has 0 aliphatic carbocycles. The number of fused-ring (bicyclic) bond motifs is 1. The summed E-state index contributed by atoms with van der Waals surface area (Å²) in [5.41, 5.74) is 1.75. The van der Waals surface area contributed by atoms with E-state index in [1.807, 2.05) is 42.3 Å². The molecule has 2 aliphatic heterocycles. The molecule has 1 unspecified atom stereocenters. The zero-order valence-electron chi connectivity index (χ0n) is 12.2. The molecule has 1 N–H and O–H groups in total. The predicted octanol–water partition coefficient (Wildman–Crippen LogP) is 2.09. The first-order valence-corrected chi connectivity index (χ1v) is 7.17. The largest absolute Gasteiger partial charge is 0.488 e. The van der Waals surface area contributed by atoms with E-state index in [4.69, 9.17) is 4.74 Å². The van der Waals surface area contributed by atoms with Crippen molar-refractivity contribution in [2.45, 2.75) is 18.9 Å². The van der Waals surface area contributed by atoms with Crippen molar-refractivity contribution < 1.29 is 9.53 Å². The molecule has 4 nitrogen and oxygen atoms in total. The molecule has 1 amide bonds. The van der Waals surface area contributed by atoms with Gasteiger partial charge >= 0.3 is 0 Å². The maximum atomic E-state index is 12.6. The van der Waals surface area contributed by atoms with Crippen LogP contribution in [0.4, 0.5) is 0 Å². The summed E-state index contributed by atoms with van der Waals surface area (Å²) in [7, 11) is 1.93. The standard InChI is InChI=1S/C16H20N2O2.ClH/c1-17-10-14-6-4-8-18(14)16(19)13-9-12-5-2-3-7-15(12)20-11-13;/h2-3,5,7,9,14,17H,4,6,8,10-11H2,1H3;1H. The van der Waals surface area contributed by atoms with Crippen LogP contribution in [0.3, 0.4) is 0 Å². The van der Waals surface area contributed by atoms with Crippen LogP contribution >= 0.6 is 12.4 Å². The quantitative estimate of drug-likeness (QED) is 0.930. The number of amides is 1. The molecule has 2 aliphatic rings. The Hall–Kier alpha value is -1.52. The number of carbonyl (C=O) groups is 1. The number of hydrogen-bond donors (Lipinski definition) is 1. The molecule has 0 bridgehead atoms. The molecule has 1 aromatic carbocycles. The number of hydrogen-bond acceptors (Lipinski definition) is 3. The third-order valence-electron chi connectivity index (χ3n) is 3.98. The highest BCUT2D eigenvalue weighted by molar-refractivity contribution is 5.99. The van der Waals surface area contributed by atoms with Crippen molar-refractivity contribution in [2.75, 3.05) is 26.7 Å². The van der Waals surface area contributed by atoms with Gasteiger partial charge in [-0.15, -0.1) is 12.4 Å². The molecular weight excluding hydrogens is 288 g/mol. The van der Waals surface area contributed by atoms with Crippen LogP contribution in [0.1, 0.15) is 18.4 Å². The monoisotopic (exact) mass is 308 g/mol. The van der Waals surface area contributed by atoms with Crippen LogP contribution in [0.15, 0.2) is 29.8 Å². The van der Waals surface area contributed by atoms with Gasteiger partial charge in [-0.1, -0.05) is 18.2 Å². The summed E-state index contributed by atoms with van der Waals surface area (Å²) in [6.45, 7) is 2.08. The number of ether oxygens (including phenoxy) is 1. The number of likely N-dealkylation sites (tertiary alicyclic amines) is 1. The van der Waals surface area contributed by atoms with Gasteiger partial charge in [-0.2, -0.15) is 0 Å². The van der Waals surface area contributed by atoms with Crippen molar-refractivity contribution in [2.24, 2.45) is 0 Å². The summed E-state index contributed by atoms with van der Waals surface area (Å²) in [6, 6.07) is 8.14. The minimum absolute atomic E-state index is 0. The van der Waals surface area contributed by atoms with Gasteiger partial charge in [0.05, 0.1) is 5.57 Å². The Morgan fingerprint density at radius 1 is 1.43 bits per heavy atom. The number of nitrogens with one attached hydrogen (secondary N) is 1. The van der Waals surface area contributed by atoms with Gasteiger partial charge in [-0.25, -0.2) is 0 Å². The first-order valence-electron chi connectivity index (χ1n) is 7.17. The Morgan fingerprint density at radius 3 is 3.05 bits per heavy atom. The van der Waals surface area contributed by atoms with E-state index in [1.54, 1.807) is 0 Å². The molecule has 114 valence electrons. The van der Waals surface area contributed by atoms with Crippen LogP contribution in [0.5, 0.6) is 5.75 Å². The fourth-order valence-corrected chi connectivity index (χ4v) is 2.97. The maximum absolute atomic E-state index is 12.6. The Morgan fingerprint density at radius 2 is 2.24 bits per heavy atom. The molecule has 1 saturated heterocycles. The van der Waals surface area contributed by atoms with Crippen LogP contribution < -0.4 is 10.1 Å². The summed E-state index contributed by atoms with van der Waals surface area (Å²) in [5.74, 6) is 0.981. The number of likely N-dealkylation sites (N-methyl/N-ethyl adjacent to an activating group) is 1. The van der Waals surface area contributed by atoms with Crippen LogP contribution in [-0.2, 0) is 4.79 Å². The first-order chi connectivity index (χ1) is 9.79.